The van der Waals surface area contributed by atoms with Crippen LogP contribution < -0.4 is 0 Å². The molecule has 0 atom stereocenters. The van der Waals surface area contributed by atoms with Crippen LogP contribution in [0, 0.1) is 5.92 Å². The van der Waals surface area contributed by atoms with Crippen LogP contribution in [0.4, 0.5) is 0 Å². The fraction of sp³-hybridized carbons (Fsp3) is 0.556. The molecule has 1 aromatic rings. The normalized spacial score (nSPS) is 15.7. The van der Waals surface area contributed by atoms with E-state index in [1.807, 2.05) is 42.0 Å². The molecule has 1 fully saturated rings. The Morgan fingerprint density at radius 2 is 1.87 bits per heavy atom. The van der Waals surface area contributed by atoms with E-state index < -0.39 is 0 Å². The average molecular weight is 318 g/mol. The zero-order chi connectivity index (χ0) is 16.7. The lowest BCUT2D eigenvalue weighted by Crippen LogP contribution is -2.44. The van der Waals surface area contributed by atoms with Gasteiger partial charge in [-0.2, -0.15) is 0 Å². The van der Waals surface area contributed by atoms with E-state index in [-0.39, 0.29) is 17.8 Å². The molecule has 1 aliphatic rings. The molecule has 5 nitrogen and oxygen atoms in total. The van der Waals surface area contributed by atoms with Crippen LogP contribution in [0.15, 0.2) is 30.3 Å². The first kappa shape index (κ1) is 17.5. The van der Waals surface area contributed by atoms with Gasteiger partial charge < -0.3 is 9.64 Å². The van der Waals surface area contributed by atoms with Crippen molar-refractivity contribution < 1.29 is 14.3 Å². The molecule has 0 radical (unpaired) electrons. The van der Waals surface area contributed by atoms with Crippen molar-refractivity contribution in [3.8, 4) is 0 Å². The van der Waals surface area contributed by atoms with Crippen molar-refractivity contribution in [2.75, 3.05) is 33.3 Å². The Hall–Kier alpha value is -1.88. The fourth-order valence-electron chi connectivity index (χ4n) is 2.91. The van der Waals surface area contributed by atoms with Crippen LogP contribution in [0.2, 0.25) is 0 Å². The van der Waals surface area contributed by atoms with Gasteiger partial charge in [-0.15, -0.1) is 0 Å². The Morgan fingerprint density at radius 3 is 2.48 bits per heavy atom. The molecule has 0 spiro atoms. The Kier molecular flexibility index (Phi) is 6.59. The minimum Gasteiger partial charge on any atom is -0.466 e. The standard InChI is InChI=1S/C18H26N2O3/c1-3-23-18(22)16-9-11-20(12-10-16)17(21)14-19(2)13-15-7-5-4-6-8-15/h4-8,16H,3,9-14H2,1-2H3. The van der Waals surface area contributed by atoms with E-state index in [1.165, 1.54) is 5.56 Å². The van der Waals surface area contributed by atoms with Gasteiger partial charge in [0.25, 0.3) is 0 Å². The maximum Gasteiger partial charge on any atom is 0.309 e. The quantitative estimate of drug-likeness (QED) is 0.752. The van der Waals surface area contributed by atoms with E-state index in [2.05, 4.69) is 12.1 Å². The molecule has 1 aromatic carbocycles. The van der Waals surface area contributed by atoms with Gasteiger partial charge in [0.15, 0.2) is 0 Å². The second kappa shape index (κ2) is 8.67. The summed E-state index contributed by atoms with van der Waals surface area (Å²) in [5.74, 6) is -0.0485. The first-order valence-corrected chi connectivity index (χ1v) is 8.27. The zero-order valence-corrected chi connectivity index (χ0v) is 14.0. The van der Waals surface area contributed by atoms with Gasteiger partial charge in [-0.3, -0.25) is 14.5 Å². The van der Waals surface area contributed by atoms with Gasteiger partial charge in [-0.25, -0.2) is 0 Å². The van der Waals surface area contributed by atoms with E-state index in [4.69, 9.17) is 4.74 Å². The molecule has 0 aromatic heterocycles. The molecule has 1 aliphatic heterocycles. The summed E-state index contributed by atoms with van der Waals surface area (Å²) in [6.07, 6.45) is 1.40. The molecule has 0 bridgehead atoms. The van der Waals surface area contributed by atoms with E-state index in [1.54, 1.807) is 0 Å². The van der Waals surface area contributed by atoms with Crippen LogP contribution in [0.25, 0.3) is 0 Å². The third kappa shape index (κ3) is 5.36. The van der Waals surface area contributed by atoms with Gasteiger partial charge in [-0.1, -0.05) is 30.3 Å². The van der Waals surface area contributed by atoms with Crippen molar-refractivity contribution in [2.45, 2.75) is 26.3 Å². The number of benzene rings is 1. The van der Waals surface area contributed by atoms with Crippen molar-refractivity contribution in [3.05, 3.63) is 35.9 Å². The van der Waals surface area contributed by atoms with E-state index >= 15 is 0 Å². The van der Waals surface area contributed by atoms with Crippen LogP contribution in [0.3, 0.4) is 0 Å². The number of ether oxygens (including phenoxy) is 1. The third-order valence-corrected chi connectivity index (χ3v) is 4.17. The minimum absolute atomic E-state index is 0.0546. The predicted octanol–water partition coefficient (Wildman–Crippen LogP) is 1.92. The third-order valence-electron chi connectivity index (χ3n) is 4.17. The number of likely N-dealkylation sites (N-methyl/N-ethyl adjacent to an activating group) is 1. The summed E-state index contributed by atoms with van der Waals surface area (Å²) in [6.45, 7) is 4.68. The molecule has 5 heteroatoms. The Labute approximate surface area is 138 Å². The number of hydrogen-bond donors (Lipinski definition) is 0. The summed E-state index contributed by atoms with van der Waals surface area (Å²) in [5, 5.41) is 0. The van der Waals surface area contributed by atoms with Crippen molar-refractivity contribution in [1.29, 1.82) is 0 Å². The molecule has 23 heavy (non-hydrogen) atoms. The maximum absolute atomic E-state index is 12.4. The molecule has 1 saturated heterocycles. The Balaban J connectivity index is 1.75. The number of rotatable bonds is 6. The van der Waals surface area contributed by atoms with Crippen LogP contribution in [0.5, 0.6) is 0 Å². The lowest BCUT2D eigenvalue weighted by molar-refractivity contribution is -0.151. The largest absolute Gasteiger partial charge is 0.466 e. The first-order valence-electron chi connectivity index (χ1n) is 8.27. The number of piperidine rings is 1. The molecule has 0 N–H and O–H groups in total. The van der Waals surface area contributed by atoms with Gasteiger partial charge in [0.1, 0.15) is 0 Å². The smallest absolute Gasteiger partial charge is 0.309 e. The van der Waals surface area contributed by atoms with Gasteiger partial charge in [0, 0.05) is 19.6 Å². The lowest BCUT2D eigenvalue weighted by atomic mass is 9.97. The second-order valence-corrected chi connectivity index (χ2v) is 6.06. The van der Waals surface area contributed by atoms with Gasteiger partial charge >= 0.3 is 5.97 Å². The highest BCUT2D eigenvalue weighted by atomic mass is 16.5. The minimum atomic E-state index is -0.124. The molecule has 0 aliphatic carbocycles. The highest BCUT2D eigenvalue weighted by Gasteiger charge is 2.28. The average Bonchev–Trinajstić information content (AvgIpc) is 2.56. The molecular weight excluding hydrogens is 292 g/mol. The Morgan fingerprint density at radius 1 is 1.22 bits per heavy atom. The number of nitrogens with zero attached hydrogens (tertiary/aromatic N) is 2. The molecule has 0 saturated carbocycles. The van der Waals surface area contributed by atoms with Crippen LogP contribution in [-0.2, 0) is 20.9 Å². The van der Waals surface area contributed by atoms with Gasteiger partial charge in [0.05, 0.1) is 19.1 Å². The molecule has 126 valence electrons. The number of esters is 1. The predicted molar refractivity (Wildman–Crippen MR) is 88.7 cm³/mol. The number of carbonyl (C=O) groups excluding carboxylic acids is 2. The van der Waals surface area contributed by atoms with Crippen molar-refractivity contribution in [2.24, 2.45) is 5.92 Å². The number of likely N-dealkylation sites (tertiary alicyclic amines) is 1. The van der Waals surface area contributed by atoms with Crippen molar-refractivity contribution in [1.82, 2.24) is 9.80 Å². The molecule has 1 heterocycles. The van der Waals surface area contributed by atoms with Crippen LogP contribution >= 0.6 is 0 Å². The first-order chi connectivity index (χ1) is 11.1. The summed E-state index contributed by atoms with van der Waals surface area (Å²) in [6, 6.07) is 10.1. The van der Waals surface area contributed by atoms with E-state index in [0.29, 0.717) is 39.1 Å². The van der Waals surface area contributed by atoms with Crippen molar-refractivity contribution in [3.63, 3.8) is 0 Å². The van der Waals surface area contributed by atoms with E-state index in [0.717, 1.165) is 6.54 Å². The zero-order valence-electron chi connectivity index (χ0n) is 14.0. The van der Waals surface area contributed by atoms with Gasteiger partial charge in [0.2, 0.25) is 5.91 Å². The summed E-state index contributed by atoms with van der Waals surface area (Å²) >= 11 is 0. The number of carbonyl (C=O) groups is 2. The molecule has 0 unspecified atom stereocenters. The molecular formula is C18H26N2O3. The summed E-state index contributed by atoms with van der Waals surface area (Å²) in [7, 11) is 1.95. The van der Waals surface area contributed by atoms with Gasteiger partial charge in [-0.05, 0) is 32.4 Å². The highest BCUT2D eigenvalue weighted by Crippen LogP contribution is 2.19. The van der Waals surface area contributed by atoms with Crippen molar-refractivity contribution >= 4 is 11.9 Å². The summed E-state index contributed by atoms with van der Waals surface area (Å²) in [4.78, 5) is 28.0. The summed E-state index contributed by atoms with van der Waals surface area (Å²) in [5.41, 5.74) is 1.20. The highest BCUT2D eigenvalue weighted by molar-refractivity contribution is 5.79. The second-order valence-electron chi connectivity index (χ2n) is 6.06. The number of hydrogen-bond acceptors (Lipinski definition) is 4. The molecule has 1 amide bonds. The number of amides is 1. The van der Waals surface area contributed by atoms with Crippen LogP contribution in [0.1, 0.15) is 25.3 Å². The fourth-order valence-corrected chi connectivity index (χ4v) is 2.91. The monoisotopic (exact) mass is 318 g/mol. The SMILES string of the molecule is CCOC(=O)C1CCN(C(=O)CN(C)Cc2ccccc2)CC1. The topological polar surface area (TPSA) is 49.9 Å². The van der Waals surface area contributed by atoms with Crippen LogP contribution in [-0.4, -0.2) is 55.0 Å². The summed E-state index contributed by atoms with van der Waals surface area (Å²) < 4.78 is 5.06. The Bertz CT molecular complexity index is 510. The van der Waals surface area contributed by atoms with E-state index in [9.17, 15) is 9.59 Å². The lowest BCUT2D eigenvalue weighted by Gasteiger charge is -2.32. The maximum atomic E-state index is 12.4. The molecule has 2 rings (SSSR count).